The Morgan fingerprint density at radius 3 is 1.02 bits per heavy atom. The molecular formula is C36H55KN3O11Pd-. The molecule has 0 aliphatic heterocycles. The third-order valence-corrected chi connectivity index (χ3v) is 6.41. The average Bonchev–Trinajstić information content (AvgIpc) is 2.95. The van der Waals surface area contributed by atoms with Crippen molar-refractivity contribution in [1.29, 1.82) is 0 Å². The summed E-state index contributed by atoms with van der Waals surface area (Å²) < 4.78 is 10.3. The number of carbonyl (C=O) groups excluding carboxylic acids is 1. The number of ether oxygens (including phenoxy) is 2. The maximum Gasteiger partial charge on any atom is 1.00 e. The quantitative estimate of drug-likeness (QED) is 0.112. The van der Waals surface area contributed by atoms with E-state index in [9.17, 15) is 35.4 Å². The molecule has 0 fully saturated rings. The maximum absolute atomic E-state index is 10.6. The van der Waals surface area contributed by atoms with E-state index < -0.39 is 21.2 Å². The van der Waals surface area contributed by atoms with Gasteiger partial charge >= 0.3 is 51.4 Å². The molecule has 14 nitrogen and oxygen atoms in total. The Balaban J connectivity index is -0.000000140. The number of phenolic OH excluding ortho intramolecular Hbond substituents is 1. The summed E-state index contributed by atoms with van der Waals surface area (Å²) in [5, 5.41) is 49.4. The number of methoxy groups -OCH3 is 2. The third-order valence-electron chi connectivity index (χ3n) is 6.41. The van der Waals surface area contributed by atoms with E-state index in [1.807, 2.05) is 62.3 Å². The van der Waals surface area contributed by atoms with E-state index in [4.69, 9.17) is 19.4 Å². The molecule has 0 radical (unpaired) electrons. The van der Waals surface area contributed by atoms with Gasteiger partial charge in [0.25, 0.3) is 17.1 Å². The van der Waals surface area contributed by atoms with Crippen molar-refractivity contribution in [2.75, 3.05) is 14.2 Å². The van der Waals surface area contributed by atoms with E-state index in [0.29, 0.717) is 17.1 Å². The number of nitro benzene ring substituents is 3. The number of non-ortho nitro benzene ring substituents is 3. The summed E-state index contributed by atoms with van der Waals surface area (Å²) in [4.78, 5) is 38.5. The van der Waals surface area contributed by atoms with Crippen LogP contribution in [-0.4, -0.2) is 40.6 Å². The molecule has 0 saturated carbocycles. The molecular weight excluding hydrogens is 796 g/mol. The number of benzene rings is 3. The van der Waals surface area contributed by atoms with Gasteiger partial charge in [-0.1, -0.05) is 77.2 Å². The summed E-state index contributed by atoms with van der Waals surface area (Å²) in [6.45, 7) is 17.5. The number of carboxylic acid groups (broad SMARTS) is 1. The van der Waals surface area contributed by atoms with Gasteiger partial charge in [0.2, 0.25) is 0 Å². The van der Waals surface area contributed by atoms with Crippen molar-refractivity contribution in [2.24, 2.45) is 0 Å². The number of aromatic hydroxyl groups is 1. The van der Waals surface area contributed by atoms with Crippen LogP contribution in [0.25, 0.3) is 0 Å². The predicted molar refractivity (Wildman–Crippen MR) is 196 cm³/mol. The molecule has 1 N–H and O–H groups in total. The van der Waals surface area contributed by atoms with Gasteiger partial charge in [-0.25, -0.2) is 0 Å². The molecule has 0 saturated heterocycles. The molecule has 0 heterocycles. The fourth-order valence-electron chi connectivity index (χ4n) is 4.09. The molecule has 52 heavy (non-hydrogen) atoms. The minimum Gasteiger partial charge on any atom is -0.554 e. The number of hydrogen-bond acceptors (Lipinski definition) is 11. The molecule has 0 aliphatic rings. The summed E-state index contributed by atoms with van der Waals surface area (Å²) in [6.07, 6.45) is 0. The number of nitro groups is 3. The first kappa shape index (κ1) is 61.1. The van der Waals surface area contributed by atoms with Crippen LogP contribution in [0.15, 0.2) is 54.6 Å². The Morgan fingerprint density at radius 1 is 0.596 bits per heavy atom. The van der Waals surface area contributed by atoms with E-state index >= 15 is 0 Å². The van der Waals surface area contributed by atoms with Gasteiger partial charge in [-0.3, -0.25) is 30.3 Å². The Hall–Kier alpha value is -2.97. The topological polar surface area (TPSA) is 208 Å². The molecule has 0 aliphatic carbocycles. The maximum atomic E-state index is 10.6. The number of carbonyl (C=O) groups is 1. The Bertz CT molecular complexity index is 1470. The fourth-order valence-corrected chi connectivity index (χ4v) is 4.09. The van der Waals surface area contributed by atoms with Crippen molar-refractivity contribution in [3.63, 3.8) is 0 Å². The Kier molecular flexibility index (Phi) is 31.4. The smallest absolute Gasteiger partial charge is 0.554 e. The minimum atomic E-state index is -0.522. The summed E-state index contributed by atoms with van der Waals surface area (Å²) in [5.41, 5.74) is 2.30. The average molecular weight is 851 g/mol. The van der Waals surface area contributed by atoms with Crippen LogP contribution in [0.2, 0.25) is 0 Å². The van der Waals surface area contributed by atoms with Crippen LogP contribution in [-0.2, 0) is 41.5 Å². The van der Waals surface area contributed by atoms with Crippen LogP contribution < -0.4 is 66.0 Å². The first-order chi connectivity index (χ1) is 21.5. The van der Waals surface area contributed by atoms with E-state index in [2.05, 4.69) is 0 Å². The summed E-state index contributed by atoms with van der Waals surface area (Å²) in [6, 6.07) is 13.6. The van der Waals surface area contributed by atoms with Gasteiger partial charge in [0.05, 0.1) is 47.2 Å². The van der Waals surface area contributed by atoms with Crippen molar-refractivity contribution in [1.82, 2.24) is 0 Å². The van der Waals surface area contributed by atoms with Gasteiger partial charge in [-0.2, -0.15) is 0 Å². The zero-order valence-corrected chi connectivity index (χ0v) is 35.6. The predicted octanol–water partition coefficient (Wildman–Crippen LogP) is 5.49. The number of phenols is 1. The van der Waals surface area contributed by atoms with Crippen molar-refractivity contribution in [3.05, 3.63) is 109 Å². The van der Waals surface area contributed by atoms with Gasteiger partial charge in [-0.15, -0.1) is 0 Å². The van der Waals surface area contributed by atoms with E-state index in [0.717, 1.165) is 11.1 Å². The first-order valence-corrected chi connectivity index (χ1v) is 14.2. The van der Waals surface area contributed by atoms with Crippen molar-refractivity contribution in [2.45, 2.75) is 93.4 Å². The second-order valence-corrected chi connectivity index (χ2v) is 13.1. The summed E-state index contributed by atoms with van der Waals surface area (Å²) >= 11 is 0. The van der Waals surface area contributed by atoms with Gasteiger partial charge < -0.3 is 31.9 Å². The summed E-state index contributed by atoms with van der Waals surface area (Å²) in [5.74, 6) is 1.11. The second kappa shape index (κ2) is 26.7. The normalized spacial score (nSPS) is 9.75. The van der Waals surface area contributed by atoms with Crippen LogP contribution in [0.1, 0.15) is 93.9 Å². The SMILES string of the molecule is C.C.CC(C)(C)c1ccc([N+](=O)[O-])cc1O.COc1cc([N+](=O)[O-])ccc1C(C)(C)C.COc1cc([N+](=O)[O-])ccc1C(C)(C)C.O=C[O-].[CH3-].[K+].[Pd]. The molecule has 0 amide bonds. The Labute approximate surface area is 365 Å². The molecule has 16 heteroatoms. The minimum absolute atomic E-state index is 0. The largest absolute Gasteiger partial charge is 1.00 e. The van der Waals surface area contributed by atoms with Gasteiger partial charge in [0, 0.05) is 45.1 Å². The van der Waals surface area contributed by atoms with E-state index in [1.54, 1.807) is 18.2 Å². The van der Waals surface area contributed by atoms with E-state index in [-0.39, 0.29) is 133 Å². The molecule has 3 aromatic rings. The molecule has 3 rings (SSSR count). The molecule has 0 spiro atoms. The van der Waals surface area contributed by atoms with Crippen molar-refractivity contribution < 1.29 is 111 Å². The molecule has 3 aromatic carbocycles. The monoisotopic (exact) mass is 850 g/mol. The number of hydrogen-bond donors (Lipinski definition) is 1. The molecule has 0 unspecified atom stereocenters. The molecule has 0 aromatic heterocycles. The summed E-state index contributed by atoms with van der Waals surface area (Å²) in [7, 11) is 3.04. The van der Waals surface area contributed by atoms with Crippen LogP contribution in [0.4, 0.5) is 17.1 Å². The standard InChI is InChI=1S/2C11H15NO3.C10H13NO3.CH2O2.2CH4.CH3.K.Pd/c2*1-11(2,3)9-6-5-8(12(13)14)7-10(9)15-4;1-10(2,3)8-5-4-7(11(13)14)6-9(8)12;2-1-3;;;;;/h2*5-7H,1-4H3;4-6,12H,1-3H3;1H,(H,2,3);2*1H4;1H3;;/q;;;;;;-1;+1;/p-1. The number of nitrogens with zero attached hydrogens (tertiary/aromatic N) is 3. The third kappa shape index (κ3) is 20.3. The molecule has 0 bridgehead atoms. The van der Waals surface area contributed by atoms with E-state index in [1.165, 1.54) is 50.6 Å². The van der Waals surface area contributed by atoms with Crippen LogP contribution in [0.5, 0.6) is 17.2 Å². The zero-order valence-electron chi connectivity index (χ0n) is 31.0. The van der Waals surface area contributed by atoms with Crippen LogP contribution in [0, 0.1) is 37.8 Å². The van der Waals surface area contributed by atoms with Crippen molar-refractivity contribution >= 4 is 23.5 Å². The van der Waals surface area contributed by atoms with Gasteiger partial charge in [-0.05, 0) is 51.1 Å². The zero-order chi connectivity index (χ0) is 36.9. The number of rotatable bonds is 5. The van der Waals surface area contributed by atoms with Crippen LogP contribution in [0.3, 0.4) is 0 Å². The first-order valence-electron chi connectivity index (χ1n) is 14.2. The fraction of sp³-hybridized carbons (Fsp3) is 0.444. The second-order valence-electron chi connectivity index (χ2n) is 13.1. The van der Waals surface area contributed by atoms with Crippen LogP contribution >= 0.6 is 0 Å². The Morgan fingerprint density at radius 2 is 0.827 bits per heavy atom. The molecule has 0 atom stereocenters. The van der Waals surface area contributed by atoms with Crippen molar-refractivity contribution in [3.8, 4) is 17.2 Å². The molecule has 292 valence electrons. The van der Waals surface area contributed by atoms with Gasteiger partial charge in [0.1, 0.15) is 17.2 Å². The van der Waals surface area contributed by atoms with Gasteiger partial charge in [0.15, 0.2) is 0 Å².